The van der Waals surface area contributed by atoms with E-state index in [-0.39, 0.29) is 18.5 Å². The van der Waals surface area contributed by atoms with E-state index in [0.717, 1.165) is 26.9 Å². The van der Waals surface area contributed by atoms with E-state index in [4.69, 9.17) is 9.47 Å². The van der Waals surface area contributed by atoms with Gasteiger partial charge in [0.15, 0.2) is 11.5 Å². The molecule has 9 heteroatoms. The predicted molar refractivity (Wildman–Crippen MR) is 129 cm³/mol. The number of nitrogens with zero attached hydrogens (tertiary/aromatic N) is 1. The minimum Gasteiger partial charge on any atom is -0.486 e. The molecule has 2 atom stereocenters. The molecule has 2 aromatic carbocycles. The average molecular weight is 477 g/mol. The smallest absolute Gasteiger partial charge is 0.325 e. The monoisotopic (exact) mass is 476 g/mol. The number of carbonyl (C=O) groups is 3. The number of H-pyrrole nitrogens is 1. The van der Waals surface area contributed by atoms with Crippen LogP contribution in [0.3, 0.4) is 0 Å². The van der Waals surface area contributed by atoms with E-state index in [1.165, 1.54) is 0 Å². The number of benzene rings is 2. The maximum atomic E-state index is 13.0. The molecule has 2 aliphatic rings. The molecular formula is C26H28N4O5. The molecule has 35 heavy (non-hydrogen) atoms. The van der Waals surface area contributed by atoms with Gasteiger partial charge in [0.05, 0.1) is 6.04 Å². The van der Waals surface area contributed by atoms with E-state index in [2.05, 4.69) is 15.6 Å². The number of fused-ring (bicyclic) bond motifs is 2. The minimum absolute atomic E-state index is 0.0687. The summed E-state index contributed by atoms with van der Waals surface area (Å²) in [6.45, 7) is 4.62. The van der Waals surface area contributed by atoms with Crippen LogP contribution >= 0.6 is 0 Å². The first kappa shape index (κ1) is 22.8. The molecule has 3 aromatic rings. The highest BCUT2D eigenvalue weighted by Gasteiger charge is 2.39. The molecule has 3 N–H and O–H groups in total. The normalized spacial score (nSPS) is 18.1. The van der Waals surface area contributed by atoms with Crippen molar-refractivity contribution in [1.29, 1.82) is 0 Å². The van der Waals surface area contributed by atoms with Crippen LogP contribution in [0.1, 0.15) is 31.0 Å². The molecule has 0 radical (unpaired) electrons. The van der Waals surface area contributed by atoms with Gasteiger partial charge in [-0.3, -0.25) is 14.5 Å². The van der Waals surface area contributed by atoms with Crippen molar-refractivity contribution in [3.8, 4) is 11.5 Å². The summed E-state index contributed by atoms with van der Waals surface area (Å²) in [5.41, 5.74) is 2.77. The predicted octanol–water partition coefficient (Wildman–Crippen LogP) is 2.92. The van der Waals surface area contributed by atoms with Crippen LogP contribution in [0.4, 0.5) is 4.79 Å². The van der Waals surface area contributed by atoms with Crippen LogP contribution in [-0.2, 0) is 16.0 Å². The van der Waals surface area contributed by atoms with Gasteiger partial charge in [-0.25, -0.2) is 4.79 Å². The Kier molecular flexibility index (Phi) is 6.07. The Labute approximate surface area is 202 Å². The van der Waals surface area contributed by atoms with Crippen LogP contribution in [-0.4, -0.2) is 53.5 Å². The molecule has 0 unspecified atom stereocenters. The summed E-state index contributed by atoms with van der Waals surface area (Å²) in [6.07, 6.45) is 2.19. The number of aromatic amines is 1. The Bertz CT molecular complexity index is 1280. The molecule has 182 valence electrons. The van der Waals surface area contributed by atoms with Crippen molar-refractivity contribution in [1.82, 2.24) is 20.5 Å². The van der Waals surface area contributed by atoms with Gasteiger partial charge in [0, 0.05) is 23.5 Å². The first-order valence-electron chi connectivity index (χ1n) is 11.8. The van der Waals surface area contributed by atoms with Crippen molar-refractivity contribution in [2.75, 3.05) is 19.8 Å². The fraction of sp³-hybridized carbons (Fsp3) is 0.346. The third kappa shape index (κ3) is 4.53. The Morgan fingerprint density at radius 2 is 1.89 bits per heavy atom. The van der Waals surface area contributed by atoms with Crippen LogP contribution in [0.2, 0.25) is 0 Å². The minimum atomic E-state index is -0.715. The topological polar surface area (TPSA) is 113 Å². The van der Waals surface area contributed by atoms with Gasteiger partial charge in [0.25, 0.3) is 5.91 Å². The maximum Gasteiger partial charge on any atom is 0.325 e. The molecular weight excluding hydrogens is 448 g/mol. The van der Waals surface area contributed by atoms with Crippen LogP contribution in [0.25, 0.3) is 10.9 Å². The Morgan fingerprint density at radius 1 is 1.11 bits per heavy atom. The zero-order valence-electron chi connectivity index (χ0n) is 19.7. The van der Waals surface area contributed by atoms with E-state index in [9.17, 15) is 14.4 Å². The molecule has 1 fully saturated rings. The average Bonchev–Trinajstić information content (AvgIpc) is 3.38. The summed E-state index contributed by atoms with van der Waals surface area (Å²) in [4.78, 5) is 42.6. The van der Waals surface area contributed by atoms with Crippen molar-refractivity contribution in [2.45, 2.75) is 32.4 Å². The summed E-state index contributed by atoms with van der Waals surface area (Å²) in [6, 6.07) is 11.8. The molecule has 0 spiro atoms. The summed E-state index contributed by atoms with van der Waals surface area (Å²) in [7, 11) is 0. The van der Waals surface area contributed by atoms with Gasteiger partial charge in [-0.1, -0.05) is 38.1 Å². The van der Waals surface area contributed by atoms with E-state index in [0.29, 0.717) is 31.1 Å². The number of hydrogen-bond donors (Lipinski definition) is 3. The zero-order valence-corrected chi connectivity index (χ0v) is 19.7. The summed E-state index contributed by atoms with van der Waals surface area (Å²) < 4.78 is 11.3. The highest BCUT2D eigenvalue weighted by Crippen LogP contribution is 2.34. The number of para-hydroxylation sites is 1. The Hall–Kier alpha value is -4.01. The molecule has 0 aliphatic carbocycles. The molecule has 1 aromatic heterocycles. The van der Waals surface area contributed by atoms with Crippen molar-refractivity contribution < 1.29 is 23.9 Å². The van der Waals surface area contributed by atoms with Crippen molar-refractivity contribution in [3.63, 3.8) is 0 Å². The van der Waals surface area contributed by atoms with Crippen LogP contribution in [0.15, 0.2) is 48.7 Å². The van der Waals surface area contributed by atoms with Crippen LogP contribution < -0.4 is 20.1 Å². The third-order valence-electron chi connectivity index (χ3n) is 6.42. The number of aromatic nitrogens is 1. The van der Waals surface area contributed by atoms with Gasteiger partial charge in [-0.15, -0.1) is 0 Å². The largest absolute Gasteiger partial charge is 0.486 e. The lowest BCUT2D eigenvalue weighted by molar-refractivity contribution is -0.132. The lowest BCUT2D eigenvalue weighted by Crippen LogP contribution is -2.43. The first-order chi connectivity index (χ1) is 16.9. The Morgan fingerprint density at radius 3 is 2.69 bits per heavy atom. The summed E-state index contributed by atoms with van der Waals surface area (Å²) in [5.74, 6) is 0.571. The fourth-order valence-electron chi connectivity index (χ4n) is 4.64. The second-order valence-corrected chi connectivity index (χ2v) is 9.18. The summed E-state index contributed by atoms with van der Waals surface area (Å²) >= 11 is 0. The second-order valence-electron chi connectivity index (χ2n) is 9.18. The van der Waals surface area contributed by atoms with E-state index in [1.807, 2.05) is 62.5 Å². The number of ether oxygens (including phenoxy) is 2. The number of imide groups is 1. The van der Waals surface area contributed by atoms with Crippen LogP contribution in [0, 0.1) is 5.92 Å². The molecule has 2 aliphatic heterocycles. The summed E-state index contributed by atoms with van der Waals surface area (Å²) in [5, 5.41) is 6.70. The van der Waals surface area contributed by atoms with Gasteiger partial charge in [-0.05, 0) is 35.2 Å². The quantitative estimate of drug-likeness (QED) is 0.454. The number of urea groups is 1. The van der Waals surface area contributed by atoms with Gasteiger partial charge in [0.2, 0.25) is 5.91 Å². The highest BCUT2D eigenvalue weighted by molar-refractivity contribution is 6.06. The first-order valence-corrected chi connectivity index (χ1v) is 11.8. The SMILES string of the molecule is CC(C)[C@H](NC(=O)CN1C(=O)N[C@@H](Cc2c[nH]c3ccccc23)C1=O)c1ccc2c(c1)OCCO2. The lowest BCUT2D eigenvalue weighted by atomic mass is 9.95. The molecule has 1 saturated heterocycles. The van der Waals surface area contributed by atoms with E-state index in [1.54, 1.807) is 0 Å². The molecule has 4 amide bonds. The number of hydrogen-bond acceptors (Lipinski definition) is 5. The number of rotatable bonds is 7. The number of carbonyl (C=O) groups excluding carboxylic acids is 3. The van der Waals surface area contributed by atoms with Crippen LogP contribution in [0.5, 0.6) is 11.5 Å². The van der Waals surface area contributed by atoms with Crippen molar-refractivity contribution in [2.24, 2.45) is 5.92 Å². The maximum absolute atomic E-state index is 13.0. The van der Waals surface area contributed by atoms with Gasteiger partial charge in [0.1, 0.15) is 25.8 Å². The highest BCUT2D eigenvalue weighted by atomic mass is 16.6. The number of amides is 4. The van der Waals surface area contributed by atoms with E-state index < -0.39 is 23.9 Å². The van der Waals surface area contributed by atoms with E-state index >= 15 is 0 Å². The van der Waals surface area contributed by atoms with Crippen molar-refractivity contribution in [3.05, 3.63) is 59.8 Å². The second kappa shape index (κ2) is 9.32. The fourth-order valence-corrected chi connectivity index (χ4v) is 4.64. The molecule has 0 bridgehead atoms. The van der Waals surface area contributed by atoms with Gasteiger partial charge in [-0.2, -0.15) is 0 Å². The molecule has 5 rings (SSSR count). The third-order valence-corrected chi connectivity index (χ3v) is 6.42. The standard InChI is InChI=1S/C26H28N4O5/c1-15(2)24(16-7-8-21-22(12-16)35-10-9-34-21)29-23(31)14-30-25(32)20(28-26(30)33)11-17-13-27-19-6-4-3-5-18(17)19/h3-8,12-13,15,20,24,27H,9-11,14H2,1-2H3,(H,28,33)(H,29,31)/t20-,24-/m0/s1. The molecule has 0 saturated carbocycles. The number of nitrogens with one attached hydrogen (secondary N) is 3. The van der Waals surface area contributed by atoms with Gasteiger partial charge >= 0.3 is 6.03 Å². The Balaban J connectivity index is 1.25. The zero-order chi connectivity index (χ0) is 24.5. The van der Waals surface area contributed by atoms with Crippen molar-refractivity contribution >= 4 is 28.7 Å². The van der Waals surface area contributed by atoms with Gasteiger partial charge < -0.3 is 25.1 Å². The molecule has 3 heterocycles. The molecule has 9 nitrogen and oxygen atoms in total. The lowest BCUT2D eigenvalue weighted by Gasteiger charge is -2.26.